The number of aliphatic hydroxyl groups is 1. The van der Waals surface area contributed by atoms with Gasteiger partial charge in [0.15, 0.2) is 0 Å². The van der Waals surface area contributed by atoms with Crippen LogP contribution in [-0.2, 0) is 10.3 Å². The molecule has 0 saturated carbocycles. The highest BCUT2D eigenvalue weighted by Gasteiger charge is 2.27. The van der Waals surface area contributed by atoms with Crippen molar-refractivity contribution in [2.24, 2.45) is 0 Å². The van der Waals surface area contributed by atoms with Gasteiger partial charge in [-0.15, -0.1) is 0 Å². The third-order valence-electron chi connectivity index (χ3n) is 5.02. The average Bonchev–Trinajstić information content (AvgIpc) is 2.68. The minimum absolute atomic E-state index is 0.0617. The summed E-state index contributed by atoms with van der Waals surface area (Å²) in [6.45, 7) is 7.46. The molecule has 0 spiro atoms. The number of rotatable bonds is 5. The number of hydrogen-bond acceptors (Lipinski definition) is 4. The molecular formula is C22H28N2O3. The van der Waals surface area contributed by atoms with Gasteiger partial charge < -0.3 is 14.7 Å². The Labute approximate surface area is 161 Å². The van der Waals surface area contributed by atoms with Gasteiger partial charge in [-0.05, 0) is 44.0 Å². The Balaban J connectivity index is 1.80. The van der Waals surface area contributed by atoms with Crippen LogP contribution in [0.25, 0.3) is 11.1 Å². The van der Waals surface area contributed by atoms with Crippen molar-refractivity contribution in [3.8, 4) is 11.1 Å². The molecule has 0 unspecified atom stereocenters. The van der Waals surface area contributed by atoms with E-state index in [1.807, 2.05) is 35.2 Å². The average molecular weight is 368 g/mol. The summed E-state index contributed by atoms with van der Waals surface area (Å²) in [6, 6.07) is 9.70. The van der Waals surface area contributed by atoms with E-state index < -0.39 is 5.60 Å². The lowest BCUT2D eigenvalue weighted by Crippen LogP contribution is -2.48. The van der Waals surface area contributed by atoms with Gasteiger partial charge in [-0.25, -0.2) is 0 Å². The van der Waals surface area contributed by atoms with Crippen molar-refractivity contribution in [3.05, 3.63) is 53.9 Å². The molecule has 0 bridgehead atoms. The molecule has 1 aliphatic rings. The third-order valence-corrected chi connectivity index (χ3v) is 5.02. The zero-order valence-corrected chi connectivity index (χ0v) is 16.3. The van der Waals surface area contributed by atoms with E-state index in [-0.39, 0.29) is 11.9 Å². The summed E-state index contributed by atoms with van der Waals surface area (Å²) >= 11 is 0. The van der Waals surface area contributed by atoms with Gasteiger partial charge in [0.05, 0.1) is 24.9 Å². The van der Waals surface area contributed by atoms with Crippen LogP contribution in [0.2, 0.25) is 0 Å². The Kier molecular flexibility index (Phi) is 5.92. The quantitative estimate of drug-likeness (QED) is 0.876. The summed E-state index contributed by atoms with van der Waals surface area (Å²) in [5.74, 6) is 0.0617. The zero-order chi connectivity index (χ0) is 19.4. The summed E-state index contributed by atoms with van der Waals surface area (Å²) in [6.07, 6.45) is 5.43. The van der Waals surface area contributed by atoms with E-state index in [0.29, 0.717) is 25.3 Å². The van der Waals surface area contributed by atoms with Crippen molar-refractivity contribution in [2.45, 2.75) is 45.3 Å². The molecule has 1 aliphatic heterocycles. The van der Waals surface area contributed by atoms with E-state index in [4.69, 9.17) is 4.74 Å². The molecule has 1 fully saturated rings. The smallest absolute Gasteiger partial charge is 0.254 e. The first-order chi connectivity index (χ1) is 12.9. The molecule has 5 nitrogen and oxygen atoms in total. The number of nitrogens with zero attached hydrogens (tertiary/aromatic N) is 2. The number of pyridine rings is 1. The molecule has 1 aromatic carbocycles. The Morgan fingerprint density at radius 2 is 2.00 bits per heavy atom. The monoisotopic (exact) mass is 368 g/mol. The second-order valence-electron chi connectivity index (χ2n) is 7.61. The predicted octanol–water partition coefficient (Wildman–Crippen LogP) is 3.62. The summed E-state index contributed by atoms with van der Waals surface area (Å²) in [5, 5.41) is 10.2. The summed E-state index contributed by atoms with van der Waals surface area (Å²) in [5.41, 5.74) is 2.40. The Morgan fingerprint density at radius 3 is 2.67 bits per heavy atom. The number of aromatic nitrogens is 1. The molecule has 1 N–H and O–H groups in total. The molecule has 2 heterocycles. The highest BCUT2D eigenvalue weighted by atomic mass is 16.5. The van der Waals surface area contributed by atoms with Crippen LogP contribution in [-0.4, -0.2) is 46.7 Å². The maximum Gasteiger partial charge on any atom is 0.254 e. The van der Waals surface area contributed by atoms with Crippen molar-refractivity contribution in [2.75, 3.05) is 19.8 Å². The highest BCUT2D eigenvalue weighted by Crippen LogP contribution is 2.26. The maximum absolute atomic E-state index is 12.9. The van der Waals surface area contributed by atoms with E-state index in [1.165, 1.54) is 0 Å². The number of hydrogen-bond donors (Lipinski definition) is 1. The standard InChI is InChI=1S/C22H28N2O3/c1-4-5-20-15-27-11-10-24(20)21(25)17-8-6-16(7-9-17)18-12-19(14-23-13-18)22(2,3)26/h6-9,12-14,20,26H,4-5,10-11,15H2,1-3H3/t20-/m1/s1. The molecule has 144 valence electrons. The molecular weight excluding hydrogens is 340 g/mol. The molecule has 0 radical (unpaired) electrons. The van der Waals surface area contributed by atoms with Gasteiger partial charge in [-0.2, -0.15) is 0 Å². The van der Waals surface area contributed by atoms with Gasteiger partial charge in [0.1, 0.15) is 0 Å². The molecule has 1 amide bonds. The van der Waals surface area contributed by atoms with E-state index in [1.54, 1.807) is 26.2 Å². The van der Waals surface area contributed by atoms with Gasteiger partial charge in [-0.3, -0.25) is 9.78 Å². The molecule has 1 aromatic heterocycles. The lowest BCUT2D eigenvalue weighted by molar-refractivity contribution is -0.00433. The lowest BCUT2D eigenvalue weighted by Gasteiger charge is -2.35. The predicted molar refractivity (Wildman–Crippen MR) is 105 cm³/mol. The minimum Gasteiger partial charge on any atom is -0.386 e. The summed E-state index contributed by atoms with van der Waals surface area (Å²) in [4.78, 5) is 19.1. The molecule has 1 saturated heterocycles. The normalized spacial score (nSPS) is 17.8. The van der Waals surface area contributed by atoms with Gasteiger partial charge in [0, 0.05) is 35.6 Å². The van der Waals surface area contributed by atoms with Crippen LogP contribution in [0.3, 0.4) is 0 Å². The number of benzene rings is 1. The fraction of sp³-hybridized carbons (Fsp3) is 0.455. The third kappa shape index (κ3) is 4.54. The molecule has 3 rings (SSSR count). The Morgan fingerprint density at radius 1 is 1.26 bits per heavy atom. The SMILES string of the molecule is CCC[C@@H]1COCCN1C(=O)c1ccc(-c2cncc(C(C)(C)O)c2)cc1. The van der Waals surface area contributed by atoms with Crippen LogP contribution in [0.1, 0.15) is 49.5 Å². The first kappa shape index (κ1) is 19.5. The topological polar surface area (TPSA) is 62.7 Å². The van der Waals surface area contributed by atoms with Crippen molar-refractivity contribution in [1.82, 2.24) is 9.88 Å². The Hall–Kier alpha value is -2.24. The number of amides is 1. The van der Waals surface area contributed by atoms with Crippen molar-refractivity contribution < 1.29 is 14.6 Å². The van der Waals surface area contributed by atoms with E-state index in [2.05, 4.69) is 11.9 Å². The number of carbonyl (C=O) groups excluding carboxylic acids is 1. The first-order valence-electron chi connectivity index (χ1n) is 9.57. The minimum atomic E-state index is -0.941. The molecule has 1 atom stereocenters. The number of carbonyl (C=O) groups is 1. The zero-order valence-electron chi connectivity index (χ0n) is 16.3. The van der Waals surface area contributed by atoms with Crippen LogP contribution < -0.4 is 0 Å². The van der Waals surface area contributed by atoms with Gasteiger partial charge >= 0.3 is 0 Å². The molecule has 2 aromatic rings. The first-order valence-corrected chi connectivity index (χ1v) is 9.57. The van der Waals surface area contributed by atoms with E-state index >= 15 is 0 Å². The van der Waals surface area contributed by atoms with Crippen molar-refractivity contribution in [3.63, 3.8) is 0 Å². The number of morpholine rings is 1. The maximum atomic E-state index is 12.9. The summed E-state index contributed by atoms with van der Waals surface area (Å²) in [7, 11) is 0. The second kappa shape index (κ2) is 8.19. The van der Waals surface area contributed by atoms with E-state index in [0.717, 1.165) is 29.5 Å². The van der Waals surface area contributed by atoms with Gasteiger partial charge in [0.2, 0.25) is 0 Å². The largest absolute Gasteiger partial charge is 0.386 e. The van der Waals surface area contributed by atoms with Crippen LogP contribution in [0.5, 0.6) is 0 Å². The van der Waals surface area contributed by atoms with Crippen LogP contribution in [0.15, 0.2) is 42.7 Å². The van der Waals surface area contributed by atoms with Crippen LogP contribution in [0, 0.1) is 0 Å². The summed E-state index contributed by atoms with van der Waals surface area (Å²) < 4.78 is 5.55. The fourth-order valence-corrected chi connectivity index (χ4v) is 3.40. The van der Waals surface area contributed by atoms with Crippen molar-refractivity contribution in [1.29, 1.82) is 0 Å². The van der Waals surface area contributed by atoms with Crippen LogP contribution in [0.4, 0.5) is 0 Å². The lowest BCUT2D eigenvalue weighted by atomic mass is 9.96. The Bertz CT molecular complexity index is 779. The highest BCUT2D eigenvalue weighted by molar-refractivity contribution is 5.95. The molecule has 5 heteroatoms. The molecule has 0 aliphatic carbocycles. The molecule has 27 heavy (non-hydrogen) atoms. The fourth-order valence-electron chi connectivity index (χ4n) is 3.40. The van der Waals surface area contributed by atoms with E-state index in [9.17, 15) is 9.90 Å². The van der Waals surface area contributed by atoms with Crippen LogP contribution >= 0.6 is 0 Å². The van der Waals surface area contributed by atoms with Gasteiger partial charge in [-0.1, -0.05) is 25.5 Å². The second-order valence-corrected chi connectivity index (χ2v) is 7.61. The number of ether oxygens (including phenoxy) is 1. The van der Waals surface area contributed by atoms with Crippen molar-refractivity contribution >= 4 is 5.91 Å². The van der Waals surface area contributed by atoms with Gasteiger partial charge in [0.25, 0.3) is 5.91 Å².